The molecule has 0 aliphatic carbocycles. The van der Waals surface area contributed by atoms with E-state index in [4.69, 9.17) is 23.2 Å². The molecule has 0 amide bonds. The molecule has 0 aliphatic heterocycles. The number of nitrogens with zero attached hydrogens (tertiary/aromatic N) is 1. The van der Waals surface area contributed by atoms with Crippen LogP contribution in [-0.2, 0) is 10.1 Å². The van der Waals surface area contributed by atoms with Gasteiger partial charge in [-0.15, -0.1) is 23.2 Å². The zero-order chi connectivity index (χ0) is 12.5. The van der Waals surface area contributed by atoms with Gasteiger partial charge in [0.05, 0.1) is 0 Å². The molecule has 4 nitrogen and oxygen atoms in total. The van der Waals surface area contributed by atoms with Crippen LogP contribution in [0.15, 0.2) is 0 Å². The molecule has 0 radical (unpaired) electrons. The van der Waals surface area contributed by atoms with Crippen LogP contribution in [0.4, 0.5) is 0 Å². The smallest absolute Gasteiger partial charge is 0.747 e. The van der Waals surface area contributed by atoms with E-state index >= 15 is 0 Å². The number of alkyl halides is 4. The third kappa shape index (κ3) is 19.3. The summed E-state index contributed by atoms with van der Waals surface area (Å²) in [5.41, 5.74) is 0. The molecule has 0 aromatic rings. The average molecular weight is 526 g/mol. The molecular weight excluding hydrogens is 514 g/mol. The molecule has 0 heterocycles. The summed E-state index contributed by atoms with van der Waals surface area (Å²) in [5, 5.41) is 0. The summed E-state index contributed by atoms with van der Waals surface area (Å²) in [7, 11) is -2.01. The average Bonchev–Trinajstić information content (AvgIpc) is 2.04. The number of halogens is 4. The van der Waals surface area contributed by atoms with Crippen LogP contribution in [0.25, 0.3) is 0 Å². The van der Waals surface area contributed by atoms with Gasteiger partial charge in [0.25, 0.3) is 0 Å². The first-order valence-electron chi connectivity index (χ1n) is 3.79. The monoisotopic (exact) mass is 525 g/mol. The van der Waals surface area contributed by atoms with Crippen molar-refractivity contribution in [2.24, 2.45) is 0 Å². The SMILES string of the molecule is CN(CCCl)CCCl.O=S(=O)([O-])C(I)I.[Na+]. The van der Waals surface area contributed by atoms with E-state index in [1.54, 1.807) is 0 Å². The van der Waals surface area contributed by atoms with E-state index in [1.165, 1.54) is 45.2 Å². The normalized spacial score (nSPS) is 10.8. The first-order valence-corrected chi connectivity index (χ1v) is 8.82. The molecule has 94 valence electrons. The fourth-order valence-electron chi connectivity index (χ4n) is 0.400. The summed E-state index contributed by atoms with van der Waals surface area (Å²) in [6.45, 7) is 1.85. The Morgan fingerprint density at radius 1 is 1.25 bits per heavy atom. The van der Waals surface area contributed by atoms with Crippen molar-refractivity contribution >= 4 is 78.5 Å². The number of rotatable bonds is 5. The molecule has 0 atom stereocenters. The Balaban J connectivity index is -0.000000200. The summed E-state index contributed by atoms with van der Waals surface area (Å²) in [6, 6.07) is 0. The molecule has 0 bridgehead atoms. The van der Waals surface area contributed by atoms with E-state index in [0.29, 0.717) is 11.8 Å². The van der Waals surface area contributed by atoms with Gasteiger partial charge in [-0.1, -0.05) is 45.2 Å². The van der Waals surface area contributed by atoms with E-state index in [9.17, 15) is 13.0 Å². The van der Waals surface area contributed by atoms with Crippen LogP contribution in [0.1, 0.15) is 0 Å². The maximum atomic E-state index is 9.76. The quantitative estimate of drug-likeness (QED) is 0.202. The van der Waals surface area contributed by atoms with E-state index in [-0.39, 0.29) is 29.6 Å². The third-order valence-corrected chi connectivity index (χ3v) is 5.66. The van der Waals surface area contributed by atoms with Crippen molar-refractivity contribution in [3.05, 3.63) is 0 Å². The minimum Gasteiger partial charge on any atom is -0.747 e. The van der Waals surface area contributed by atoms with Gasteiger partial charge in [0.15, 0.2) is 1.26 Å². The van der Waals surface area contributed by atoms with Crippen LogP contribution in [0.3, 0.4) is 0 Å². The van der Waals surface area contributed by atoms with Crippen molar-refractivity contribution in [2.75, 3.05) is 31.9 Å². The molecule has 0 fully saturated rings. The van der Waals surface area contributed by atoms with Gasteiger partial charge < -0.3 is 9.45 Å². The first-order chi connectivity index (χ1) is 6.75. The van der Waals surface area contributed by atoms with Gasteiger partial charge in [-0.05, 0) is 7.05 Å². The summed E-state index contributed by atoms with van der Waals surface area (Å²) in [5.74, 6) is 1.38. The maximum Gasteiger partial charge on any atom is 1.00 e. The summed E-state index contributed by atoms with van der Waals surface area (Å²) >= 11 is 14.0. The van der Waals surface area contributed by atoms with Crippen LogP contribution in [0.5, 0.6) is 0 Å². The molecule has 0 aromatic carbocycles. The van der Waals surface area contributed by atoms with Crippen molar-refractivity contribution in [3.63, 3.8) is 0 Å². The zero-order valence-corrected chi connectivity index (χ0v) is 17.6. The van der Waals surface area contributed by atoms with E-state index in [1.807, 2.05) is 7.05 Å². The molecule has 0 saturated heterocycles. The third-order valence-electron chi connectivity index (χ3n) is 1.15. The van der Waals surface area contributed by atoms with Crippen molar-refractivity contribution in [3.8, 4) is 0 Å². The van der Waals surface area contributed by atoms with Gasteiger partial charge in [-0.3, -0.25) is 0 Å². The number of hydrogen-bond acceptors (Lipinski definition) is 4. The van der Waals surface area contributed by atoms with Gasteiger partial charge in [0.1, 0.15) is 10.1 Å². The largest absolute Gasteiger partial charge is 1.00 e. The molecule has 0 saturated carbocycles. The van der Waals surface area contributed by atoms with Crippen molar-refractivity contribution in [1.82, 2.24) is 4.90 Å². The molecule has 10 heteroatoms. The zero-order valence-electron chi connectivity index (χ0n) is 9.00. The summed E-state index contributed by atoms with van der Waals surface area (Å²) in [6.07, 6.45) is 0. The Kier molecular flexibility index (Phi) is 21.4. The molecule has 16 heavy (non-hydrogen) atoms. The fraction of sp³-hybridized carbons (Fsp3) is 1.00. The van der Waals surface area contributed by atoms with E-state index in [2.05, 4.69) is 4.90 Å². The van der Waals surface area contributed by atoms with Gasteiger partial charge in [0, 0.05) is 24.8 Å². The van der Waals surface area contributed by atoms with Crippen molar-refractivity contribution < 1.29 is 42.5 Å². The Morgan fingerprint density at radius 3 is 1.62 bits per heavy atom. The topological polar surface area (TPSA) is 60.4 Å². The second-order valence-corrected chi connectivity index (χ2v) is 11.2. The molecule has 0 aromatic heterocycles. The molecule has 0 unspecified atom stereocenters. The van der Waals surface area contributed by atoms with Crippen LogP contribution in [0.2, 0.25) is 0 Å². The van der Waals surface area contributed by atoms with Gasteiger partial charge in [-0.25, -0.2) is 8.42 Å². The Labute approximate surface area is 157 Å². The summed E-state index contributed by atoms with van der Waals surface area (Å²) < 4.78 is 28.4. The Bertz CT molecular complexity index is 238. The fourth-order valence-corrected chi connectivity index (χ4v) is 0.977. The molecule has 0 aliphatic rings. The summed E-state index contributed by atoms with van der Waals surface area (Å²) in [4.78, 5) is 2.10. The van der Waals surface area contributed by atoms with E-state index < -0.39 is 11.4 Å². The second kappa shape index (κ2) is 14.3. The molecular formula is C6H12Cl2I2NNaO3S. The molecule has 0 rings (SSSR count). The molecule has 0 N–H and O–H groups in total. The minimum absolute atomic E-state index is 0. The minimum atomic E-state index is -4.02. The van der Waals surface area contributed by atoms with Crippen LogP contribution in [0, 0.1) is 0 Å². The Morgan fingerprint density at radius 2 is 1.50 bits per heavy atom. The predicted octanol–water partition coefficient (Wildman–Crippen LogP) is -0.915. The van der Waals surface area contributed by atoms with Gasteiger partial charge in [0.2, 0.25) is 0 Å². The van der Waals surface area contributed by atoms with Gasteiger partial charge >= 0.3 is 29.6 Å². The first kappa shape index (κ1) is 24.0. The predicted molar refractivity (Wildman–Crippen MR) is 80.5 cm³/mol. The van der Waals surface area contributed by atoms with Crippen molar-refractivity contribution in [1.29, 1.82) is 0 Å². The van der Waals surface area contributed by atoms with Gasteiger partial charge in [-0.2, -0.15) is 0 Å². The van der Waals surface area contributed by atoms with Crippen molar-refractivity contribution in [2.45, 2.75) is 1.26 Å². The standard InChI is InChI=1S/C5H11Cl2N.CH2I2O3S.Na/c1-8(4-2-6)5-3-7;2-1(3)7(4,5)6;/h2-5H2,1H3;1H,(H,4,5,6);/q;;+1/p-1. The van der Waals surface area contributed by atoms with Crippen LogP contribution < -0.4 is 29.6 Å². The molecule has 0 spiro atoms. The van der Waals surface area contributed by atoms with E-state index in [0.717, 1.165) is 13.1 Å². The Hall–Kier alpha value is 2.91. The second-order valence-electron chi connectivity index (χ2n) is 2.43. The number of hydrogen-bond donors (Lipinski definition) is 0. The maximum absolute atomic E-state index is 9.76. The van der Waals surface area contributed by atoms with Crippen LogP contribution in [-0.4, -0.2) is 51.0 Å². The van der Waals surface area contributed by atoms with Crippen LogP contribution >= 0.6 is 68.4 Å².